The van der Waals surface area contributed by atoms with Gasteiger partial charge in [-0.05, 0) is 31.2 Å². The Kier molecular flexibility index (Phi) is 2.35. The second-order valence-electron chi connectivity index (χ2n) is 3.51. The van der Waals surface area contributed by atoms with Crippen molar-refractivity contribution >= 4 is 17.0 Å². The Labute approximate surface area is 77.6 Å². The maximum Gasteiger partial charge on any atom is 0.0458 e. The number of hydrogen-bond donors (Lipinski definition) is 1. The highest BCUT2D eigenvalue weighted by molar-refractivity contribution is 7.10. The SMILES string of the molecule is Nc1csc2c1CCCCCC2. The summed E-state index contributed by atoms with van der Waals surface area (Å²) in [6.07, 6.45) is 7.94. The van der Waals surface area contributed by atoms with E-state index in [-0.39, 0.29) is 0 Å². The van der Waals surface area contributed by atoms with E-state index in [1.807, 2.05) is 11.3 Å². The van der Waals surface area contributed by atoms with Crippen LogP contribution in [0.2, 0.25) is 0 Å². The molecule has 0 unspecified atom stereocenters. The van der Waals surface area contributed by atoms with Crippen molar-refractivity contribution in [3.05, 3.63) is 15.8 Å². The van der Waals surface area contributed by atoms with E-state index < -0.39 is 0 Å². The van der Waals surface area contributed by atoms with Crippen molar-refractivity contribution in [1.82, 2.24) is 0 Å². The van der Waals surface area contributed by atoms with Gasteiger partial charge >= 0.3 is 0 Å². The molecule has 1 aliphatic rings. The fourth-order valence-electron chi connectivity index (χ4n) is 1.87. The van der Waals surface area contributed by atoms with Crippen LogP contribution in [0.3, 0.4) is 0 Å². The van der Waals surface area contributed by atoms with Gasteiger partial charge in [-0.25, -0.2) is 0 Å². The van der Waals surface area contributed by atoms with Gasteiger partial charge in [0.1, 0.15) is 0 Å². The molecule has 0 aromatic carbocycles. The molecule has 0 atom stereocenters. The summed E-state index contributed by atoms with van der Waals surface area (Å²) in [6, 6.07) is 0. The third kappa shape index (κ3) is 1.48. The third-order valence-electron chi connectivity index (χ3n) is 2.59. The summed E-state index contributed by atoms with van der Waals surface area (Å²) < 4.78 is 0. The molecule has 2 heteroatoms. The summed E-state index contributed by atoms with van der Waals surface area (Å²) in [5.74, 6) is 0. The highest BCUT2D eigenvalue weighted by Gasteiger charge is 2.10. The minimum Gasteiger partial charge on any atom is -0.398 e. The van der Waals surface area contributed by atoms with Crippen molar-refractivity contribution < 1.29 is 0 Å². The molecule has 2 N–H and O–H groups in total. The lowest BCUT2D eigenvalue weighted by molar-refractivity contribution is 0.623. The van der Waals surface area contributed by atoms with Crippen molar-refractivity contribution in [2.75, 3.05) is 5.73 Å². The van der Waals surface area contributed by atoms with E-state index in [2.05, 4.69) is 5.38 Å². The van der Waals surface area contributed by atoms with Gasteiger partial charge in [-0.3, -0.25) is 0 Å². The number of rotatable bonds is 0. The Morgan fingerprint density at radius 3 is 2.67 bits per heavy atom. The molecule has 66 valence electrons. The van der Waals surface area contributed by atoms with E-state index in [1.165, 1.54) is 44.1 Å². The van der Waals surface area contributed by atoms with Gasteiger partial charge in [0, 0.05) is 15.9 Å². The maximum absolute atomic E-state index is 5.89. The lowest BCUT2D eigenvalue weighted by Crippen LogP contribution is -1.98. The van der Waals surface area contributed by atoms with Crippen LogP contribution in [-0.2, 0) is 12.8 Å². The zero-order chi connectivity index (χ0) is 8.39. The first-order chi connectivity index (χ1) is 5.88. The molecular weight excluding hydrogens is 166 g/mol. The summed E-state index contributed by atoms with van der Waals surface area (Å²) in [7, 11) is 0. The minimum atomic E-state index is 1.04. The molecule has 1 aliphatic carbocycles. The first-order valence-electron chi connectivity index (χ1n) is 4.72. The largest absolute Gasteiger partial charge is 0.398 e. The van der Waals surface area contributed by atoms with Crippen LogP contribution < -0.4 is 5.73 Å². The van der Waals surface area contributed by atoms with Crippen LogP contribution in [0, 0.1) is 0 Å². The summed E-state index contributed by atoms with van der Waals surface area (Å²) in [6.45, 7) is 0. The average molecular weight is 181 g/mol. The van der Waals surface area contributed by atoms with E-state index in [9.17, 15) is 0 Å². The molecule has 1 aromatic heterocycles. The standard InChI is InChI=1S/C10H15NS/c11-9-7-12-10-6-4-2-1-3-5-8(9)10/h7H,1-6,11H2. The van der Waals surface area contributed by atoms with Crippen LogP contribution in [0.1, 0.15) is 36.1 Å². The molecule has 0 saturated heterocycles. The molecule has 0 saturated carbocycles. The van der Waals surface area contributed by atoms with Gasteiger partial charge in [0.25, 0.3) is 0 Å². The second-order valence-corrected chi connectivity index (χ2v) is 4.47. The molecule has 0 bridgehead atoms. The minimum absolute atomic E-state index is 1.04. The van der Waals surface area contributed by atoms with E-state index in [4.69, 9.17) is 5.73 Å². The van der Waals surface area contributed by atoms with Gasteiger partial charge in [-0.2, -0.15) is 0 Å². The Balaban J connectivity index is 2.26. The second kappa shape index (κ2) is 3.48. The number of aryl methyl sites for hydroxylation is 1. The number of hydrogen-bond acceptors (Lipinski definition) is 2. The Morgan fingerprint density at radius 2 is 1.83 bits per heavy atom. The lowest BCUT2D eigenvalue weighted by Gasteiger charge is -2.09. The summed E-state index contributed by atoms with van der Waals surface area (Å²) in [5, 5.41) is 2.11. The van der Waals surface area contributed by atoms with Crippen molar-refractivity contribution in [3.8, 4) is 0 Å². The van der Waals surface area contributed by atoms with Gasteiger partial charge in [0.15, 0.2) is 0 Å². The summed E-state index contributed by atoms with van der Waals surface area (Å²) >= 11 is 1.85. The van der Waals surface area contributed by atoms with Crippen molar-refractivity contribution in [2.45, 2.75) is 38.5 Å². The van der Waals surface area contributed by atoms with Crippen molar-refractivity contribution in [2.24, 2.45) is 0 Å². The molecule has 0 fully saturated rings. The zero-order valence-corrected chi connectivity index (χ0v) is 8.12. The van der Waals surface area contributed by atoms with Gasteiger partial charge in [0.2, 0.25) is 0 Å². The monoisotopic (exact) mass is 181 g/mol. The Bertz CT molecular complexity index is 265. The van der Waals surface area contributed by atoms with E-state index in [0.717, 1.165) is 5.69 Å². The first-order valence-corrected chi connectivity index (χ1v) is 5.60. The number of anilines is 1. The normalized spacial score (nSPS) is 18.0. The molecular formula is C10H15NS. The quantitative estimate of drug-likeness (QED) is 0.654. The maximum atomic E-state index is 5.89. The zero-order valence-electron chi connectivity index (χ0n) is 7.31. The number of nitrogen functional groups attached to an aromatic ring is 1. The fourth-order valence-corrected chi connectivity index (χ4v) is 2.91. The lowest BCUT2D eigenvalue weighted by atomic mass is 9.99. The first kappa shape index (κ1) is 8.11. The summed E-state index contributed by atoms with van der Waals surface area (Å²) in [5.41, 5.74) is 8.39. The average Bonchev–Trinajstić information content (AvgIpc) is 2.31. The molecule has 0 aliphatic heterocycles. The summed E-state index contributed by atoms with van der Waals surface area (Å²) in [4.78, 5) is 1.55. The molecule has 0 amide bonds. The smallest absolute Gasteiger partial charge is 0.0458 e. The highest BCUT2D eigenvalue weighted by Crippen LogP contribution is 2.30. The highest BCUT2D eigenvalue weighted by atomic mass is 32.1. The van der Waals surface area contributed by atoms with Crippen LogP contribution in [0.15, 0.2) is 5.38 Å². The molecule has 0 spiro atoms. The molecule has 12 heavy (non-hydrogen) atoms. The van der Waals surface area contributed by atoms with Gasteiger partial charge < -0.3 is 5.73 Å². The topological polar surface area (TPSA) is 26.0 Å². The van der Waals surface area contributed by atoms with E-state index in [1.54, 1.807) is 4.88 Å². The van der Waals surface area contributed by atoms with Crippen LogP contribution in [0.5, 0.6) is 0 Å². The van der Waals surface area contributed by atoms with Gasteiger partial charge in [-0.15, -0.1) is 11.3 Å². The Morgan fingerprint density at radius 1 is 1.08 bits per heavy atom. The van der Waals surface area contributed by atoms with Crippen LogP contribution in [-0.4, -0.2) is 0 Å². The third-order valence-corrected chi connectivity index (χ3v) is 3.70. The predicted molar refractivity (Wildman–Crippen MR) is 54.6 cm³/mol. The molecule has 2 rings (SSSR count). The van der Waals surface area contributed by atoms with Gasteiger partial charge in [-0.1, -0.05) is 12.8 Å². The van der Waals surface area contributed by atoms with Crippen molar-refractivity contribution in [1.29, 1.82) is 0 Å². The number of fused-ring (bicyclic) bond motifs is 1. The van der Waals surface area contributed by atoms with Crippen LogP contribution in [0.25, 0.3) is 0 Å². The van der Waals surface area contributed by atoms with Crippen LogP contribution >= 0.6 is 11.3 Å². The number of thiophene rings is 1. The fraction of sp³-hybridized carbons (Fsp3) is 0.600. The van der Waals surface area contributed by atoms with Crippen LogP contribution in [0.4, 0.5) is 5.69 Å². The van der Waals surface area contributed by atoms with E-state index >= 15 is 0 Å². The molecule has 1 heterocycles. The molecule has 0 radical (unpaired) electrons. The molecule has 1 nitrogen and oxygen atoms in total. The van der Waals surface area contributed by atoms with E-state index in [0.29, 0.717) is 0 Å². The van der Waals surface area contributed by atoms with Gasteiger partial charge in [0.05, 0.1) is 0 Å². The Hall–Kier alpha value is -0.500. The molecule has 1 aromatic rings. The van der Waals surface area contributed by atoms with Crippen molar-refractivity contribution in [3.63, 3.8) is 0 Å². The number of nitrogens with two attached hydrogens (primary N) is 1. The predicted octanol–water partition coefficient (Wildman–Crippen LogP) is 2.99.